The van der Waals surface area contributed by atoms with Gasteiger partial charge in [0.1, 0.15) is 6.54 Å². The number of hydrogen-bond acceptors (Lipinski definition) is 1. The summed E-state index contributed by atoms with van der Waals surface area (Å²) < 4.78 is 0.990. The summed E-state index contributed by atoms with van der Waals surface area (Å²) in [6.07, 6.45) is 13.9. The lowest BCUT2D eigenvalue weighted by Crippen LogP contribution is -2.33. The fourth-order valence-electron chi connectivity index (χ4n) is 2.76. The Bertz CT molecular complexity index is 344. The van der Waals surface area contributed by atoms with E-state index in [9.17, 15) is 0 Å². The number of rotatable bonds is 12. The maximum absolute atomic E-state index is 5.42. The molecule has 1 rings (SSSR count). The predicted octanol–water partition coefficient (Wildman–Crippen LogP) is 5.76. The molecule has 1 aromatic rings. The zero-order valence-corrected chi connectivity index (χ0v) is 16.9. The van der Waals surface area contributed by atoms with Crippen molar-refractivity contribution in [2.75, 3.05) is 27.7 Å². The summed E-state index contributed by atoms with van der Waals surface area (Å²) in [7, 11) is 6.60. The van der Waals surface area contributed by atoms with Gasteiger partial charge in [0.05, 0.1) is 21.1 Å². The third kappa shape index (κ3) is 17.5. The highest BCUT2D eigenvalue weighted by Crippen LogP contribution is 2.10. The van der Waals surface area contributed by atoms with Crippen molar-refractivity contribution in [3.05, 3.63) is 35.9 Å². The molecule has 2 heteroatoms. The lowest BCUT2D eigenvalue weighted by atomic mass is 10.1. The molecule has 0 aliphatic rings. The van der Waals surface area contributed by atoms with E-state index in [2.05, 4.69) is 58.4 Å². The molecule has 0 spiro atoms. The van der Waals surface area contributed by atoms with Crippen molar-refractivity contribution in [3.8, 4) is 0 Å². The van der Waals surface area contributed by atoms with Crippen LogP contribution in [-0.4, -0.2) is 32.2 Å². The summed E-state index contributed by atoms with van der Waals surface area (Å²) in [5, 5.41) is 0. The van der Waals surface area contributed by atoms with E-state index >= 15 is 0 Å². The molecule has 0 saturated heterocycles. The average molecular weight is 336 g/mol. The van der Waals surface area contributed by atoms with Gasteiger partial charge >= 0.3 is 0 Å². The number of quaternary nitrogens is 1. The van der Waals surface area contributed by atoms with E-state index in [4.69, 9.17) is 5.73 Å². The van der Waals surface area contributed by atoms with E-state index < -0.39 is 0 Å². The van der Waals surface area contributed by atoms with Gasteiger partial charge in [-0.3, -0.25) is 0 Å². The maximum Gasteiger partial charge on any atom is 0.104 e. The SMILES string of the molecule is CCCCCCCCCCCCN.C[N+](C)(C)Cc1ccccc1. The third-order valence-corrected chi connectivity index (χ3v) is 4.06. The van der Waals surface area contributed by atoms with Crippen molar-refractivity contribution in [2.45, 2.75) is 77.7 Å². The fourth-order valence-corrected chi connectivity index (χ4v) is 2.76. The third-order valence-electron chi connectivity index (χ3n) is 4.06. The molecule has 0 heterocycles. The molecule has 0 saturated carbocycles. The second kappa shape index (κ2) is 15.7. The zero-order valence-electron chi connectivity index (χ0n) is 16.9. The van der Waals surface area contributed by atoms with Gasteiger partial charge in [-0.1, -0.05) is 95.0 Å². The second-order valence-electron chi connectivity index (χ2n) is 7.90. The number of nitrogens with zero attached hydrogens (tertiary/aromatic N) is 1. The quantitative estimate of drug-likeness (QED) is 0.381. The minimum absolute atomic E-state index is 0.872. The molecular formula is C22H43N2+. The van der Waals surface area contributed by atoms with E-state index in [0.29, 0.717) is 0 Å². The topological polar surface area (TPSA) is 26.0 Å². The molecule has 1 aromatic carbocycles. The molecule has 0 fully saturated rings. The Morgan fingerprint density at radius 3 is 1.58 bits per heavy atom. The van der Waals surface area contributed by atoms with E-state index in [1.807, 2.05) is 0 Å². The van der Waals surface area contributed by atoms with Crippen LogP contribution < -0.4 is 5.73 Å². The molecular weight excluding hydrogens is 292 g/mol. The molecule has 0 aliphatic carbocycles. The van der Waals surface area contributed by atoms with Gasteiger partial charge < -0.3 is 10.2 Å². The molecule has 0 unspecified atom stereocenters. The van der Waals surface area contributed by atoms with Crippen LogP contribution in [0.3, 0.4) is 0 Å². The van der Waals surface area contributed by atoms with Crippen LogP contribution in [0.4, 0.5) is 0 Å². The Hall–Kier alpha value is -0.860. The molecule has 140 valence electrons. The van der Waals surface area contributed by atoms with Gasteiger partial charge in [-0.15, -0.1) is 0 Å². The molecule has 0 bridgehead atoms. The lowest BCUT2D eigenvalue weighted by molar-refractivity contribution is -0.884. The van der Waals surface area contributed by atoms with Crippen LogP contribution in [0.5, 0.6) is 0 Å². The Kier molecular flexibility index (Phi) is 15.1. The van der Waals surface area contributed by atoms with Crippen LogP contribution in [0.1, 0.15) is 76.7 Å². The average Bonchev–Trinajstić information content (AvgIpc) is 2.53. The summed E-state index contributed by atoms with van der Waals surface area (Å²) in [6, 6.07) is 10.6. The standard InChI is InChI=1S/C12H27N.C10H16N/c1-2-3-4-5-6-7-8-9-10-11-12-13;1-11(2,3)9-10-7-5-4-6-8-10/h2-13H2,1H3;4-8H,9H2,1-3H3/q;+1. The van der Waals surface area contributed by atoms with Crippen molar-refractivity contribution in [3.63, 3.8) is 0 Å². The van der Waals surface area contributed by atoms with E-state index in [1.54, 1.807) is 0 Å². The molecule has 0 radical (unpaired) electrons. The van der Waals surface area contributed by atoms with Gasteiger partial charge in [-0.2, -0.15) is 0 Å². The highest BCUT2D eigenvalue weighted by Gasteiger charge is 2.06. The summed E-state index contributed by atoms with van der Waals surface area (Å²) in [5.74, 6) is 0. The van der Waals surface area contributed by atoms with Crippen molar-refractivity contribution in [1.82, 2.24) is 0 Å². The van der Waals surface area contributed by atoms with Crippen LogP contribution in [0.2, 0.25) is 0 Å². The largest absolute Gasteiger partial charge is 0.330 e. The van der Waals surface area contributed by atoms with Crippen molar-refractivity contribution < 1.29 is 4.48 Å². The van der Waals surface area contributed by atoms with Crippen molar-refractivity contribution in [2.24, 2.45) is 5.73 Å². The Labute approximate surface area is 152 Å². The fraction of sp³-hybridized carbons (Fsp3) is 0.727. The normalized spacial score (nSPS) is 11.0. The van der Waals surface area contributed by atoms with E-state index in [0.717, 1.165) is 17.6 Å². The van der Waals surface area contributed by atoms with Gasteiger partial charge in [0.2, 0.25) is 0 Å². The summed E-state index contributed by atoms with van der Waals surface area (Å²) >= 11 is 0. The first-order valence-electron chi connectivity index (χ1n) is 10.0. The van der Waals surface area contributed by atoms with Gasteiger partial charge in [0.25, 0.3) is 0 Å². The monoisotopic (exact) mass is 335 g/mol. The molecule has 0 aliphatic heterocycles. The second-order valence-corrected chi connectivity index (χ2v) is 7.90. The van der Waals surface area contributed by atoms with Crippen molar-refractivity contribution >= 4 is 0 Å². The first-order valence-corrected chi connectivity index (χ1v) is 10.0. The van der Waals surface area contributed by atoms with Crippen LogP contribution in [0, 0.1) is 0 Å². The Balaban J connectivity index is 0.000000446. The van der Waals surface area contributed by atoms with E-state index in [1.165, 1.54) is 69.8 Å². The smallest absolute Gasteiger partial charge is 0.104 e. The maximum atomic E-state index is 5.42. The first kappa shape index (κ1) is 23.1. The Morgan fingerprint density at radius 2 is 1.17 bits per heavy atom. The van der Waals surface area contributed by atoms with Gasteiger partial charge in [0, 0.05) is 5.56 Å². The molecule has 2 N–H and O–H groups in total. The highest BCUT2D eigenvalue weighted by molar-refractivity contribution is 5.13. The number of benzene rings is 1. The van der Waals surface area contributed by atoms with Crippen LogP contribution >= 0.6 is 0 Å². The zero-order chi connectivity index (χ0) is 18.1. The first-order chi connectivity index (χ1) is 11.5. The van der Waals surface area contributed by atoms with Gasteiger partial charge in [0.15, 0.2) is 0 Å². The summed E-state index contributed by atoms with van der Waals surface area (Å²) in [6.45, 7) is 4.24. The van der Waals surface area contributed by atoms with Crippen LogP contribution in [0.25, 0.3) is 0 Å². The van der Waals surface area contributed by atoms with Gasteiger partial charge in [-0.25, -0.2) is 0 Å². The molecule has 0 amide bonds. The predicted molar refractivity (Wildman–Crippen MR) is 109 cm³/mol. The minimum atomic E-state index is 0.872. The lowest BCUT2D eigenvalue weighted by Gasteiger charge is -2.23. The summed E-state index contributed by atoms with van der Waals surface area (Å²) in [4.78, 5) is 0. The Morgan fingerprint density at radius 1 is 0.708 bits per heavy atom. The number of hydrogen-bond donors (Lipinski definition) is 1. The molecule has 24 heavy (non-hydrogen) atoms. The number of unbranched alkanes of at least 4 members (excludes halogenated alkanes) is 9. The van der Waals surface area contributed by atoms with E-state index in [-0.39, 0.29) is 0 Å². The molecule has 0 aromatic heterocycles. The van der Waals surface area contributed by atoms with Crippen molar-refractivity contribution in [1.29, 1.82) is 0 Å². The molecule has 0 atom stereocenters. The summed E-state index contributed by atoms with van der Waals surface area (Å²) in [5.41, 5.74) is 6.83. The highest BCUT2D eigenvalue weighted by atomic mass is 15.3. The minimum Gasteiger partial charge on any atom is -0.330 e. The number of nitrogens with two attached hydrogens (primary N) is 1. The van der Waals surface area contributed by atoms with Crippen LogP contribution in [-0.2, 0) is 6.54 Å². The van der Waals surface area contributed by atoms with Gasteiger partial charge in [-0.05, 0) is 13.0 Å². The van der Waals surface area contributed by atoms with Crippen LogP contribution in [0.15, 0.2) is 30.3 Å². The molecule has 2 nitrogen and oxygen atoms in total.